The lowest BCUT2D eigenvalue weighted by atomic mass is 9.74. The minimum atomic E-state index is -0.773. The molecule has 2 heterocycles. The number of amides is 1. The van der Waals surface area contributed by atoms with Gasteiger partial charge in [0.25, 0.3) is 0 Å². The molecule has 0 radical (unpaired) electrons. The molecule has 1 amide bonds. The van der Waals surface area contributed by atoms with Crippen LogP contribution in [0.15, 0.2) is 11.0 Å². The summed E-state index contributed by atoms with van der Waals surface area (Å²) in [7, 11) is 1.74. The Morgan fingerprint density at radius 1 is 1.29 bits per heavy atom. The number of Topliss-reactive ketones (excluding diaryl/α,β-unsaturated/α-hetero) is 1. The van der Waals surface area contributed by atoms with Gasteiger partial charge in [-0.1, -0.05) is 27.7 Å². The molecule has 0 aliphatic carbocycles. The zero-order chi connectivity index (χ0) is 25.6. The summed E-state index contributed by atoms with van der Waals surface area (Å²) in [5, 5.41) is 13.6. The number of aliphatic hydroxyl groups excluding tert-OH is 1. The Morgan fingerprint density at radius 3 is 2.59 bits per heavy atom. The van der Waals surface area contributed by atoms with Crippen LogP contribution in [0.25, 0.3) is 6.08 Å². The third kappa shape index (κ3) is 7.73. The van der Waals surface area contributed by atoms with Gasteiger partial charge in [0.15, 0.2) is 0 Å². The number of ether oxygens (including phenoxy) is 1. The second-order valence-electron chi connectivity index (χ2n) is 10.3. The van der Waals surface area contributed by atoms with E-state index in [0.29, 0.717) is 25.8 Å². The Hall–Kier alpha value is -2.06. The fourth-order valence-electron chi connectivity index (χ4n) is 4.35. The number of aryl methyl sites for hydroxylation is 1. The predicted octanol–water partition coefficient (Wildman–Crippen LogP) is 4.42. The molecule has 7 nitrogen and oxygen atoms in total. The summed E-state index contributed by atoms with van der Waals surface area (Å²) < 4.78 is 5.76. The van der Waals surface area contributed by atoms with Crippen LogP contribution in [0.1, 0.15) is 77.4 Å². The molecular formula is C26H40N2O5S. The van der Waals surface area contributed by atoms with Gasteiger partial charge in [-0.25, -0.2) is 4.98 Å². The van der Waals surface area contributed by atoms with E-state index in [2.05, 4.69) is 4.98 Å². The van der Waals surface area contributed by atoms with Gasteiger partial charge in [-0.15, -0.1) is 11.3 Å². The van der Waals surface area contributed by atoms with E-state index in [4.69, 9.17) is 4.74 Å². The number of nitrogens with zero attached hydrogens (tertiary/aromatic N) is 2. The van der Waals surface area contributed by atoms with Gasteiger partial charge in [-0.3, -0.25) is 14.4 Å². The third-order valence-corrected chi connectivity index (χ3v) is 7.65. The molecule has 4 atom stereocenters. The standard InChI is InChI=1S/C26H40N2O5S/c1-16-9-8-12-28(7)22(29)14-21(17(2)13-20-15-34-19(4)27-20)33-23(30)10-11-26(5,6)25(32)18(3)24(16)31/h13,15-16,18,21,24,31H,8-12,14H2,1-7H3/b17-13+/t16-,18+,21-,24-/m0/s1. The number of hydrogen-bond donors (Lipinski definition) is 1. The maximum atomic E-state index is 13.1. The van der Waals surface area contributed by atoms with Gasteiger partial charge in [-0.05, 0) is 50.7 Å². The molecule has 0 bridgehead atoms. The highest BCUT2D eigenvalue weighted by Gasteiger charge is 2.37. The molecule has 1 aromatic rings. The molecule has 34 heavy (non-hydrogen) atoms. The molecule has 2 rings (SSSR count). The highest BCUT2D eigenvalue weighted by molar-refractivity contribution is 7.09. The van der Waals surface area contributed by atoms with Gasteiger partial charge >= 0.3 is 5.97 Å². The average molecular weight is 493 g/mol. The lowest BCUT2D eigenvalue weighted by Crippen LogP contribution is -2.39. The molecule has 0 aromatic carbocycles. The Morgan fingerprint density at radius 2 is 1.97 bits per heavy atom. The molecule has 1 aliphatic heterocycles. The van der Waals surface area contributed by atoms with E-state index in [1.807, 2.05) is 46.1 Å². The fourth-order valence-corrected chi connectivity index (χ4v) is 4.92. The Labute approximate surface area is 207 Å². The first kappa shape index (κ1) is 28.2. The first-order chi connectivity index (χ1) is 15.8. The quantitative estimate of drug-likeness (QED) is 0.614. The van der Waals surface area contributed by atoms with Crippen LogP contribution >= 0.6 is 11.3 Å². The van der Waals surface area contributed by atoms with Gasteiger partial charge < -0.3 is 14.7 Å². The van der Waals surface area contributed by atoms with Crippen molar-refractivity contribution in [1.82, 2.24) is 9.88 Å². The minimum absolute atomic E-state index is 0.0469. The normalized spacial score (nSPS) is 28.6. The van der Waals surface area contributed by atoms with Crippen LogP contribution in [0.2, 0.25) is 0 Å². The summed E-state index contributed by atoms with van der Waals surface area (Å²) >= 11 is 1.53. The van der Waals surface area contributed by atoms with Crippen LogP contribution in [-0.4, -0.2) is 58.5 Å². The van der Waals surface area contributed by atoms with Crippen molar-refractivity contribution in [2.24, 2.45) is 17.3 Å². The Balaban J connectivity index is 2.28. The lowest BCUT2D eigenvalue weighted by Gasteiger charge is -2.32. The summed E-state index contributed by atoms with van der Waals surface area (Å²) in [6.45, 7) is 11.6. The van der Waals surface area contributed by atoms with Crippen molar-refractivity contribution in [2.45, 2.75) is 85.9 Å². The van der Waals surface area contributed by atoms with Crippen LogP contribution in [0, 0.1) is 24.2 Å². The first-order valence-corrected chi connectivity index (χ1v) is 13.0. The van der Waals surface area contributed by atoms with Crippen molar-refractivity contribution in [2.75, 3.05) is 13.6 Å². The Bertz CT molecular complexity index is 907. The molecule has 0 unspecified atom stereocenters. The number of cyclic esters (lactones) is 1. The number of hydrogen-bond acceptors (Lipinski definition) is 7. The number of esters is 1. The summed E-state index contributed by atoms with van der Waals surface area (Å²) in [5.41, 5.74) is 0.754. The Kier molecular flexibility index (Phi) is 10.0. The van der Waals surface area contributed by atoms with Crippen LogP contribution < -0.4 is 0 Å². The highest BCUT2D eigenvalue weighted by atomic mass is 32.1. The average Bonchev–Trinajstić information content (AvgIpc) is 3.19. The number of carbonyl (C=O) groups excluding carboxylic acids is 3. The van der Waals surface area contributed by atoms with Crippen molar-refractivity contribution < 1.29 is 24.2 Å². The summed E-state index contributed by atoms with van der Waals surface area (Å²) in [5.74, 6) is -1.21. The van der Waals surface area contributed by atoms with Crippen molar-refractivity contribution in [3.8, 4) is 0 Å². The summed E-state index contributed by atoms with van der Waals surface area (Å²) in [6.07, 6.45) is 2.22. The lowest BCUT2D eigenvalue weighted by molar-refractivity contribution is -0.150. The third-order valence-electron chi connectivity index (χ3n) is 6.86. The van der Waals surface area contributed by atoms with Gasteiger partial charge in [0.1, 0.15) is 11.9 Å². The molecule has 1 aromatic heterocycles. The van der Waals surface area contributed by atoms with Gasteiger partial charge in [0.05, 0.1) is 23.2 Å². The van der Waals surface area contributed by atoms with E-state index >= 15 is 0 Å². The number of carbonyl (C=O) groups is 3. The summed E-state index contributed by atoms with van der Waals surface area (Å²) in [6, 6.07) is 0. The minimum Gasteiger partial charge on any atom is -0.457 e. The molecule has 1 aliphatic rings. The van der Waals surface area contributed by atoms with E-state index in [-0.39, 0.29) is 30.4 Å². The molecular weight excluding hydrogens is 452 g/mol. The maximum absolute atomic E-state index is 13.1. The number of thiazole rings is 1. The van der Waals surface area contributed by atoms with E-state index in [1.54, 1.807) is 18.9 Å². The topological polar surface area (TPSA) is 96.8 Å². The maximum Gasteiger partial charge on any atom is 0.306 e. The summed E-state index contributed by atoms with van der Waals surface area (Å²) in [4.78, 5) is 44.9. The zero-order valence-electron chi connectivity index (χ0n) is 21.6. The van der Waals surface area contributed by atoms with Gasteiger partial charge in [-0.2, -0.15) is 0 Å². The molecule has 0 spiro atoms. The molecule has 8 heteroatoms. The second kappa shape index (κ2) is 12.1. The van der Waals surface area contributed by atoms with Crippen molar-refractivity contribution >= 4 is 35.1 Å². The van der Waals surface area contributed by atoms with E-state index in [1.165, 1.54) is 11.3 Å². The number of rotatable bonds is 2. The smallest absolute Gasteiger partial charge is 0.306 e. The largest absolute Gasteiger partial charge is 0.457 e. The van der Waals surface area contributed by atoms with E-state index in [9.17, 15) is 19.5 Å². The van der Waals surface area contributed by atoms with Gasteiger partial charge in [0, 0.05) is 36.7 Å². The van der Waals surface area contributed by atoms with Gasteiger partial charge in [0.2, 0.25) is 5.91 Å². The number of aromatic nitrogens is 1. The fraction of sp³-hybridized carbons (Fsp3) is 0.692. The van der Waals surface area contributed by atoms with E-state index < -0.39 is 29.5 Å². The molecule has 0 saturated carbocycles. The molecule has 1 fully saturated rings. The molecule has 1 saturated heterocycles. The highest BCUT2D eigenvalue weighted by Crippen LogP contribution is 2.31. The first-order valence-electron chi connectivity index (χ1n) is 12.1. The van der Waals surface area contributed by atoms with Crippen LogP contribution in [0.4, 0.5) is 0 Å². The van der Waals surface area contributed by atoms with E-state index in [0.717, 1.165) is 16.3 Å². The van der Waals surface area contributed by atoms with Crippen LogP contribution in [0.3, 0.4) is 0 Å². The zero-order valence-corrected chi connectivity index (χ0v) is 22.4. The second-order valence-corrected chi connectivity index (χ2v) is 11.4. The van der Waals surface area contributed by atoms with Crippen molar-refractivity contribution in [3.63, 3.8) is 0 Å². The predicted molar refractivity (Wildman–Crippen MR) is 134 cm³/mol. The monoisotopic (exact) mass is 492 g/mol. The van der Waals surface area contributed by atoms with Crippen LogP contribution in [0.5, 0.6) is 0 Å². The van der Waals surface area contributed by atoms with Crippen molar-refractivity contribution in [3.05, 3.63) is 21.7 Å². The van der Waals surface area contributed by atoms with Crippen molar-refractivity contribution in [1.29, 1.82) is 0 Å². The SMILES string of the molecule is C/C(=C\c1csc(C)n1)[C@@H]1CC(=O)N(C)CCC[C@H](C)[C@H](O)[C@@H](C)C(=O)C(C)(C)CCC(=O)O1. The molecule has 1 N–H and O–H groups in total. The number of ketones is 1. The number of aliphatic hydroxyl groups is 1. The molecule has 190 valence electrons. The van der Waals surface area contributed by atoms with Crippen LogP contribution in [-0.2, 0) is 19.1 Å².